The Morgan fingerprint density at radius 1 is 1.47 bits per heavy atom. The summed E-state index contributed by atoms with van der Waals surface area (Å²) in [6.45, 7) is 2.71. The van der Waals surface area contributed by atoms with Gasteiger partial charge in [-0.25, -0.2) is 9.37 Å². The number of ether oxygens (including phenoxy) is 1. The molecular weight excluding hydrogens is 221 g/mol. The zero-order chi connectivity index (χ0) is 12.1. The van der Waals surface area contributed by atoms with Gasteiger partial charge in [0, 0.05) is 25.8 Å². The first-order chi connectivity index (χ1) is 8.31. The molecule has 1 aliphatic rings. The quantitative estimate of drug-likeness (QED) is 0.856. The fourth-order valence-corrected chi connectivity index (χ4v) is 2.08. The molecule has 1 aliphatic heterocycles. The lowest BCUT2D eigenvalue weighted by Crippen LogP contribution is -2.38. The molecule has 2 N–H and O–H groups in total. The Morgan fingerprint density at radius 3 is 2.88 bits per heavy atom. The van der Waals surface area contributed by atoms with Gasteiger partial charge in [0.25, 0.3) is 0 Å². The van der Waals surface area contributed by atoms with E-state index >= 15 is 0 Å². The molecule has 0 atom stereocenters. The molecule has 0 aliphatic carbocycles. The van der Waals surface area contributed by atoms with Crippen LogP contribution in [-0.2, 0) is 4.74 Å². The molecule has 0 spiro atoms. The summed E-state index contributed by atoms with van der Waals surface area (Å²) in [7, 11) is 0. The van der Waals surface area contributed by atoms with Gasteiger partial charge in [-0.3, -0.25) is 0 Å². The van der Waals surface area contributed by atoms with E-state index in [4.69, 9.17) is 10.5 Å². The van der Waals surface area contributed by atoms with Gasteiger partial charge >= 0.3 is 0 Å². The highest BCUT2D eigenvalue weighted by molar-refractivity contribution is 5.39. The minimum Gasteiger partial charge on any atom is -0.377 e. The Labute approximate surface area is 101 Å². The first-order valence-corrected chi connectivity index (χ1v) is 5.98. The maximum Gasteiger partial charge on any atom is 0.165 e. The standard InChI is InChI=1S/C12H18FN3O/c13-11-2-1-6-15-12(11)16-7-3-10(4-8-16)17-9-5-14/h1-2,6,10H,3-5,7-9,14H2. The number of nitrogens with zero attached hydrogens (tertiary/aromatic N) is 2. The zero-order valence-electron chi connectivity index (χ0n) is 9.81. The third kappa shape index (κ3) is 3.14. The first kappa shape index (κ1) is 12.3. The number of halogens is 1. The Bertz CT molecular complexity index is 353. The van der Waals surface area contributed by atoms with Crippen molar-refractivity contribution in [2.24, 2.45) is 5.73 Å². The number of nitrogens with two attached hydrogens (primary N) is 1. The number of rotatable bonds is 4. The van der Waals surface area contributed by atoms with Gasteiger partial charge in [-0.2, -0.15) is 0 Å². The Kier molecular flexibility index (Phi) is 4.28. The fourth-order valence-electron chi connectivity index (χ4n) is 2.08. The third-order valence-corrected chi connectivity index (χ3v) is 2.95. The van der Waals surface area contributed by atoms with Gasteiger partial charge in [0.2, 0.25) is 0 Å². The van der Waals surface area contributed by atoms with E-state index in [1.54, 1.807) is 12.3 Å². The van der Waals surface area contributed by atoms with Crippen molar-refractivity contribution in [3.8, 4) is 0 Å². The van der Waals surface area contributed by atoms with Gasteiger partial charge < -0.3 is 15.4 Å². The van der Waals surface area contributed by atoms with Crippen LogP contribution in [0.25, 0.3) is 0 Å². The number of pyridine rings is 1. The maximum absolute atomic E-state index is 13.5. The summed E-state index contributed by atoms with van der Waals surface area (Å²) in [6, 6.07) is 3.05. The van der Waals surface area contributed by atoms with Gasteiger partial charge in [0.1, 0.15) is 0 Å². The minimum absolute atomic E-state index is 0.251. The van der Waals surface area contributed by atoms with Crippen molar-refractivity contribution in [3.63, 3.8) is 0 Å². The van der Waals surface area contributed by atoms with Crippen molar-refractivity contribution >= 4 is 5.82 Å². The largest absolute Gasteiger partial charge is 0.377 e. The van der Waals surface area contributed by atoms with Crippen LogP contribution in [0.5, 0.6) is 0 Å². The molecule has 4 nitrogen and oxygen atoms in total. The molecule has 17 heavy (non-hydrogen) atoms. The van der Waals surface area contributed by atoms with Crippen LogP contribution in [0.3, 0.4) is 0 Å². The highest BCUT2D eigenvalue weighted by Crippen LogP contribution is 2.21. The van der Waals surface area contributed by atoms with Crippen LogP contribution < -0.4 is 10.6 Å². The summed E-state index contributed by atoms with van der Waals surface area (Å²) < 4.78 is 19.1. The highest BCUT2D eigenvalue weighted by atomic mass is 19.1. The second kappa shape index (κ2) is 5.93. The van der Waals surface area contributed by atoms with E-state index in [0.717, 1.165) is 25.9 Å². The first-order valence-electron chi connectivity index (χ1n) is 5.98. The average Bonchev–Trinajstić information content (AvgIpc) is 2.38. The van der Waals surface area contributed by atoms with E-state index in [0.29, 0.717) is 19.0 Å². The predicted octanol–water partition coefficient (Wildman–Crippen LogP) is 1.16. The Morgan fingerprint density at radius 2 is 2.24 bits per heavy atom. The molecule has 0 saturated carbocycles. The van der Waals surface area contributed by atoms with E-state index in [9.17, 15) is 4.39 Å². The molecule has 2 heterocycles. The lowest BCUT2D eigenvalue weighted by atomic mass is 10.1. The average molecular weight is 239 g/mol. The van der Waals surface area contributed by atoms with Crippen LogP contribution in [0.15, 0.2) is 18.3 Å². The van der Waals surface area contributed by atoms with Crippen LogP contribution in [0.1, 0.15) is 12.8 Å². The van der Waals surface area contributed by atoms with Gasteiger partial charge in [-0.05, 0) is 25.0 Å². The van der Waals surface area contributed by atoms with Crippen molar-refractivity contribution in [1.29, 1.82) is 0 Å². The molecule has 0 bridgehead atoms. The van der Waals surface area contributed by atoms with Crippen molar-refractivity contribution in [2.75, 3.05) is 31.1 Å². The summed E-state index contributed by atoms with van der Waals surface area (Å²) in [5.41, 5.74) is 5.39. The van der Waals surface area contributed by atoms with Crippen LogP contribution >= 0.6 is 0 Å². The predicted molar refractivity (Wildman–Crippen MR) is 64.4 cm³/mol. The van der Waals surface area contributed by atoms with Crippen molar-refractivity contribution in [2.45, 2.75) is 18.9 Å². The van der Waals surface area contributed by atoms with Crippen LogP contribution in [0.2, 0.25) is 0 Å². The van der Waals surface area contributed by atoms with Gasteiger partial charge in [-0.1, -0.05) is 0 Å². The molecule has 5 heteroatoms. The number of anilines is 1. The minimum atomic E-state index is -0.256. The fraction of sp³-hybridized carbons (Fsp3) is 0.583. The lowest BCUT2D eigenvalue weighted by molar-refractivity contribution is 0.0420. The topological polar surface area (TPSA) is 51.4 Å². The molecule has 0 unspecified atom stereocenters. The maximum atomic E-state index is 13.5. The summed E-state index contributed by atoms with van der Waals surface area (Å²) in [5.74, 6) is 0.193. The van der Waals surface area contributed by atoms with Crippen molar-refractivity contribution in [3.05, 3.63) is 24.1 Å². The van der Waals surface area contributed by atoms with Crippen LogP contribution in [0.4, 0.5) is 10.2 Å². The van der Waals surface area contributed by atoms with Gasteiger partial charge in [0.15, 0.2) is 11.6 Å². The van der Waals surface area contributed by atoms with Crippen LogP contribution in [0, 0.1) is 5.82 Å². The van der Waals surface area contributed by atoms with Crippen molar-refractivity contribution in [1.82, 2.24) is 4.98 Å². The third-order valence-electron chi connectivity index (χ3n) is 2.95. The van der Waals surface area contributed by atoms with E-state index in [-0.39, 0.29) is 11.9 Å². The molecular formula is C12H18FN3O. The normalized spacial score (nSPS) is 17.4. The Balaban J connectivity index is 1.89. The molecule has 1 fully saturated rings. The summed E-state index contributed by atoms with van der Waals surface area (Å²) in [6.07, 6.45) is 3.67. The lowest BCUT2D eigenvalue weighted by Gasteiger charge is -2.32. The zero-order valence-corrected chi connectivity index (χ0v) is 9.81. The van der Waals surface area contributed by atoms with E-state index in [1.165, 1.54) is 6.07 Å². The second-order valence-corrected chi connectivity index (χ2v) is 4.15. The number of hydrogen-bond acceptors (Lipinski definition) is 4. The second-order valence-electron chi connectivity index (χ2n) is 4.15. The van der Waals surface area contributed by atoms with E-state index in [2.05, 4.69) is 4.98 Å². The molecule has 1 saturated heterocycles. The van der Waals surface area contributed by atoms with Gasteiger partial charge in [-0.15, -0.1) is 0 Å². The number of hydrogen-bond donors (Lipinski definition) is 1. The van der Waals surface area contributed by atoms with Gasteiger partial charge in [0.05, 0.1) is 12.7 Å². The molecule has 1 aromatic heterocycles. The molecule has 0 aromatic carbocycles. The van der Waals surface area contributed by atoms with Crippen molar-refractivity contribution < 1.29 is 9.13 Å². The summed E-state index contributed by atoms with van der Waals surface area (Å²) >= 11 is 0. The van der Waals surface area contributed by atoms with E-state index < -0.39 is 0 Å². The molecule has 0 amide bonds. The monoisotopic (exact) mass is 239 g/mol. The number of aromatic nitrogens is 1. The number of piperidine rings is 1. The SMILES string of the molecule is NCCOC1CCN(c2ncccc2F)CC1. The summed E-state index contributed by atoms with van der Waals surface area (Å²) in [4.78, 5) is 6.05. The van der Waals surface area contributed by atoms with Crippen LogP contribution in [-0.4, -0.2) is 37.3 Å². The Hall–Kier alpha value is -1.20. The summed E-state index contributed by atoms with van der Waals surface area (Å²) in [5, 5.41) is 0. The smallest absolute Gasteiger partial charge is 0.165 e. The van der Waals surface area contributed by atoms with E-state index in [1.807, 2.05) is 4.90 Å². The molecule has 2 rings (SSSR count). The highest BCUT2D eigenvalue weighted by Gasteiger charge is 2.22. The molecule has 94 valence electrons. The molecule has 0 radical (unpaired) electrons. The molecule has 1 aromatic rings.